The van der Waals surface area contributed by atoms with E-state index >= 15 is 0 Å². The number of hydrogen-bond donors (Lipinski definition) is 1. The Morgan fingerprint density at radius 3 is 2.91 bits per heavy atom. The molecule has 118 valence electrons. The number of aromatic nitrogens is 2. The van der Waals surface area contributed by atoms with Crippen molar-refractivity contribution in [2.24, 2.45) is 5.73 Å². The van der Waals surface area contributed by atoms with Gasteiger partial charge in [0.1, 0.15) is 5.75 Å². The molecular weight excluding hydrogens is 286 g/mol. The fourth-order valence-electron chi connectivity index (χ4n) is 2.46. The Labute approximate surface area is 127 Å². The van der Waals surface area contributed by atoms with Gasteiger partial charge in [0, 0.05) is 19.0 Å². The second-order valence-corrected chi connectivity index (χ2v) is 5.25. The third-order valence-electron chi connectivity index (χ3n) is 3.63. The highest BCUT2D eigenvalue weighted by Gasteiger charge is 2.19. The molecule has 2 N–H and O–H groups in total. The van der Waals surface area contributed by atoms with E-state index in [4.69, 9.17) is 19.9 Å². The zero-order valence-electron chi connectivity index (χ0n) is 12.4. The van der Waals surface area contributed by atoms with Gasteiger partial charge in [-0.2, -0.15) is 0 Å². The summed E-state index contributed by atoms with van der Waals surface area (Å²) in [6.45, 7) is 1.43. The lowest BCUT2D eigenvalue weighted by Crippen LogP contribution is -2.41. The van der Waals surface area contributed by atoms with Crippen LogP contribution in [-0.4, -0.2) is 42.2 Å². The first-order valence-electron chi connectivity index (χ1n) is 7.20. The summed E-state index contributed by atoms with van der Waals surface area (Å²) in [4.78, 5) is 16.3. The van der Waals surface area contributed by atoms with Crippen molar-refractivity contribution < 1.29 is 14.2 Å². The molecule has 0 bridgehead atoms. The van der Waals surface area contributed by atoms with Crippen molar-refractivity contribution in [3.8, 4) is 5.75 Å². The predicted molar refractivity (Wildman–Crippen MR) is 80.8 cm³/mol. The van der Waals surface area contributed by atoms with Crippen LogP contribution in [0.3, 0.4) is 0 Å². The van der Waals surface area contributed by atoms with Crippen LogP contribution in [0.5, 0.6) is 5.75 Å². The average Bonchev–Trinajstić information content (AvgIpc) is 2.55. The minimum atomic E-state index is -0.333. The number of aryl methyl sites for hydroxylation is 1. The molecule has 1 aliphatic heterocycles. The lowest BCUT2D eigenvalue weighted by atomic mass is 10.2. The van der Waals surface area contributed by atoms with Crippen molar-refractivity contribution in [2.75, 3.05) is 20.3 Å². The number of nitrogens with zero attached hydrogens (tertiary/aromatic N) is 2. The Morgan fingerprint density at radius 1 is 1.41 bits per heavy atom. The largest absolute Gasteiger partial charge is 0.497 e. The molecule has 0 unspecified atom stereocenters. The molecule has 0 radical (unpaired) electrons. The van der Waals surface area contributed by atoms with Crippen molar-refractivity contribution in [3.05, 3.63) is 34.7 Å². The van der Waals surface area contributed by atoms with E-state index in [0.29, 0.717) is 31.9 Å². The Hall–Kier alpha value is -1.96. The number of fused-ring (bicyclic) bond motifs is 1. The van der Waals surface area contributed by atoms with Crippen LogP contribution in [-0.2, 0) is 16.0 Å². The molecule has 22 heavy (non-hydrogen) atoms. The van der Waals surface area contributed by atoms with E-state index in [1.165, 1.54) is 6.20 Å². The molecule has 7 nitrogen and oxygen atoms in total. The van der Waals surface area contributed by atoms with Gasteiger partial charge in [0.2, 0.25) is 0 Å². The van der Waals surface area contributed by atoms with E-state index in [2.05, 4.69) is 4.98 Å². The second kappa shape index (κ2) is 6.43. The Morgan fingerprint density at radius 2 is 2.18 bits per heavy atom. The third kappa shape index (κ3) is 3.11. The van der Waals surface area contributed by atoms with Crippen molar-refractivity contribution in [2.45, 2.75) is 25.3 Å². The summed E-state index contributed by atoms with van der Waals surface area (Å²) < 4.78 is 17.9. The van der Waals surface area contributed by atoms with E-state index in [0.717, 1.165) is 11.0 Å². The number of hydrogen-bond acceptors (Lipinski definition) is 6. The number of rotatable bonds is 4. The van der Waals surface area contributed by atoms with Crippen molar-refractivity contribution in [1.82, 2.24) is 9.55 Å². The number of nitrogens with two attached hydrogens (primary N) is 1. The minimum Gasteiger partial charge on any atom is -0.497 e. The fourth-order valence-corrected chi connectivity index (χ4v) is 2.46. The SMILES string of the molecule is COc1ccc2ncc(=O)n(CC[C@H]3OC[C@H](N)CO3)c2c1. The summed E-state index contributed by atoms with van der Waals surface area (Å²) in [7, 11) is 1.59. The maximum atomic E-state index is 12.1. The zero-order valence-corrected chi connectivity index (χ0v) is 12.4. The Kier molecular flexibility index (Phi) is 4.37. The average molecular weight is 305 g/mol. The van der Waals surface area contributed by atoms with Crippen LogP contribution in [0.2, 0.25) is 0 Å². The molecule has 0 aliphatic carbocycles. The molecule has 0 atom stereocenters. The van der Waals surface area contributed by atoms with Gasteiger partial charge in [-0.1, -0.05) is 0 Å². The standard InChI is InChI=1S/C15H19N3O4/c1-20-11-2-3-12-13(6-11)18(14(19)7-17-12)5-4-15-21-8-10(16)9-22-15/h2-3,6-7,10,15H,4-5,8-9,16H2,1H3/t10-,15-. The minimum absolute atomic E-state index is 0.0787. The molecule has 7 heteroatoms. The summed E-state index contributed by atoms with van der Waals surface area (Å²) in [5.41, 5.74) is 7.03. The molecule has 2 aromatic rings. The van der Waals surface area contributed by atoms with Crippen molar-refractivity contribution in [3.63, 3.8) is 0 Å². The van der Waals surface area contributed by atoms with Gasteiger partial charge in [0.25, 0.3) is 5.56 Å². The van der Waals surface area contributed by atoms with Crippen LogP contribution in [0.15, 0.2) is 29.2 Å². The topological polar surface area (TPSA) is 88.6 Å². The summed E-state index contributed by atoms with van der Waals surface area (Å²) in [5.74, 6) is 0.685. The van der Waals surface area contributed by atoms with E-state index in [-0.39, 0.29) is 17.9 Å². The zero-order chi connectivity index (χ0) is 15.5. The quantitative estimate of drug-likeness (QED) is 0.884. The highest BCUT2D eigenvalue weighted by molar-refractivity contribution is 5.76. The van der Waals surface area contributed by atoms with Gasteiger partial charge in [-0.05, 0) is 12.1 Å². The van der Waals surface area contributed by atoms with Crippen molar-refractivity contribution >= 4 is 11.0 Å². The van der Waals surface area contributed by atoms with Crippen LogP contribution in [0.4, 0.5) is 0 Å². The van der Waals surface area contributed by atoms with Crippen LogP contribution in [0.1, 0.15) is 6.42 Å². The fraction of sp³-hybridized carbons (Fsp3) is 0.467. The predicted octanol–water partition coefficient (Wildman–Crippen LogP) is 0.495. The lowest BCUT2D eigenvalue weighted by molar-refractivity contribution is -0.189. The van der Waals surface area contributed by atoms with Crippen LogP contribution in [0, 0.1) is 0 Å². The summed E-state index contributed by atoms with van der Waals surface area (Å²) in [5, 5.41) is 0. The van der Waals surface area contributed by atoms with Gasteiger partial charge in [-0.3, -0.25) is 4.79 Å². The monoisotopic (exact) mass is 305 g/mol. The molecule has 3 rings (SSSR count). The molecule has 1 aromatic heterocycles. The summed E-state index contributed by atoms with van der Waals surface area (Å²) in [6.07, 6.45) is 1.57. The Balaban J connectivity index is 1.83. The number of methoxy groups -OCH3 is 1. The summed E-state index contributed by atoms with van der Waals surface area (Å²) >= 11 is 0. The maximum absolute atomic E-state index is 12.1. The molecule has 1 aromatic carbocycles. The summed E-state index contributed by atoms with van der Waals surface area (Å²) in [6, 6.07) is 5.38. The van der Waals surface area contributed by atoms with Gasteiger partial charge in [-0.25, -0.2) is 4.98 Å². The van der Waals surface area contributed by atoms with E-state index < -0.39 is 0 Å². The lowest BCUT2D eigenvalue weighted by Gasteiger charge is -2.27. The van der Waals surface area contributed by atoms with E-state index in [9.17, 15) is 4.79 Å². The molecule has 1 aliphatic rings. The molecule has 0 saturated carbocycles. The first-order valence-corrected chi connectivity index (χ1v) is 7.20. The first-order chi connectivity index (χ1) is 10.7. The van der Waals surface area contributed by atoms with Gasteiger partial charge in [0.15, 0.2) is 6.29 Å². The van der Waals surface area contributed by atoms with E-state index in [1.807, 2.05) is 18.2 Å². The Bertz CT molecular complexity index is 707. The second-order valence-electron chi connectivity index (χ2n) is 5.25. The number of ether oxygens (including phenoxy) is 3. The molecular formula is C15H19N3O4. The highest BCUT2D eigenvalue weighted by Crippen LogP contribution is 2.18. The van der Waals surface area contributed by atoms with E-state index in [1.54, 1.807) is 11.7 Å². The first kappa shape index (κ1) is 15.0. The van der Waals surface area contributed by atoms with Gasteiger partial charge in [-0.15, -0.1) is 0 Å². The van der Waals surface area contributed by atoms with Crippen LogP contribution in [0.25, 0.3) is 11.0 Å². The molecule has 2 heterocycles. The van der Waals surface area contributed by atoms with Gasteiger partial charge >= 0.3 is 0 Å². The smallest absolute Gasteiger partial charge is 0.269 e. The normalized spacial score (nSPS) is 21.9. The van der Waals surface area contributed by atoms with Crippen LogP contribution >= 0.6 is 0 Å². The highest BCUT2D eigenvalue weighted by atomic mass is 16.7. The molecule has 1 saturated heterocycles. The van der Waals surface area contributed by atoms with Crippen LogP contribution < -0.4 is 16.0 Å². The molecule has 0 spiro atoms. The van der Waals surface area contributed by atoms with Gasteiger partial charge in [0.05, 0.1) is 43.6 Å². The molecule has 0 amide bonds. The maximum Gasteiger partial charge on any atom is 0.269 e. The number of benzene rings is 1. The van der Waals surface area contributed by atoms with Crippen molar-refractivity contribution in [1.29, 1.82) is 0 Å². The molecule has 1 fully saturated rings. The van der Waals surface area contributed by atoms with Gasteiger partial charge < -0.3 is 24.5 Å². The third-order valence-corrected chi connectivity index (χ3v) is 3.63.